The summed E-state index contributed by atoms with van der Waals surface area (Å²) < 4.78 is 46.1. The summed E-state index contributed by atoms with van der Waals surface area (Å²) in [5, 5.41) is 14.4. The molecule has 0 radical (unpaired) electrons. The van der Waals surface area contributed by atoms with E-state index in [-0.39, 0.29) is 30.2 Å². The Morgan fingerprint density at radius 2 is 1.88 bits per heavy atom. The predicted molar refractivity (Wildman–Crippen MR) is 181 cm³/mol. The highest BCUT2D eigenvalue weighted by molar-refractivity contribution is 6.31. The minimum Gasteiger partial charge on any atom is -0.478 e. The Morgan fingerprint density at radius 1 is 1.04 bits per heavy atom. The summed E-state index contributed by atoms with van der Waals surface area (Å²) in [4.78, 5) is 25.3. The van der Waals surface area contributed by atoms with Crippen molar-refractivity contribution in [3.05, 3.63) is 112 Å². The van der Waals surface area contributed by atoms with Crippen LogP contribution in [0, 0.1) is 18.6 Å². The molecule has 13 heteroatoms. The van der Waals surface area contributed by atoms with Crippen molar-refractivity contribution in [3.63, 3.8) is 0 Å². The van der Waals surface area contributed by atoms with Crippen molar-refractivity contribution in [1.29, 1.82) is 0 Å². The first kappa shape index (κ1) is 32.0. The number of benzene rings is 2. The molecule has 4 aromatic heterocycles. The van der Waals surface area contributed by atoms with Gasteiger partial charge in [0.1, 0.15) is 23.8 Å². The van der Waals surface area contributed by atoms with Crippen LogP contribution in [0.25, 0.3) is 33.5 Å². The number of fused-ring (bicyclic) bond motifs is 1. The Kier molecular flexibility index (Phi) is 8.28. The maximum atomic E-state index is 15.8. The van der Waals surface area contributed by atoms with Crippen LogP contribution in [-0.2, 0) is 24.3 Å². The van der Waals surface area contributed by atoms with Crippen molar-refractivity contribution in [2.45, 2.75) is 57.9 Å². The Labute approximate surface area is 290 Å². The van der Waals surface area contributed by atoms with Crippen molar-refractivity contribution >= 4 is 28.6 Å². The molecule has 0 amide bonds. The van der Waals surface area contributed by atoms with Gasteiger partial charge in [-0.05, 0) is 67.6 Å². The van der Waals surface area contributed by atoms with Crippen LogP contribution >= 0.6 is 11.6 Å². The fourth-order valence-electron chi connectivity index (χ4n) is 6.18. The first-order valence-corrected chi connectivity index (χ1v) is 16.7. The molecule has 2 fully saturated rings. The molecule has 1 atom stereocenters. The Morgan fingerprint density at radius 3 is 2.62 bits per heavy atom. The minimum absolute atomic E-state index is 0.0352. The van der Waals surface area contributed by atoms with Crippen LogP contribution in [0.2, 0.25) is 5.02 Å². The van der Waals surface area contributed by atoms with E-state index in [0.717, 1.165) is 42.1 Å². The van der Waals surface area contributed by atoms with Crippen LogP contribution in [0.4, 0.5) is 8.78 Å². The molecule has 10 nitrogen and oxygen atoms in total. The number of ether oxygens (including phenoxy) is 2. The molecule has 254 valence electrons. The number of carbonyl (C=O) groups is 1. The molecule has 6 aromatic rings. The number of carboxylic acids is 1. The Bertz CT molecular complexity index is 2280. The number of aromatic nitrogens is 6. The lowest BCUT2D eigenvalue weighted by Crippen LogP contribution is -2.31. The van der Waals surface area contributed by atoms with Crippen LogP contribution in [0.5, 0.6) is 5.88 Å². The van der Waals surface area contributed by atoms with Crippen LogP contribution in [0.1, 0.15) is 58.2 Å². The molecule has 1 N–H and O–H groups in total. The minimum atomic E-state index is -1.25. The van der Waals surface area contributed by atoms with Gasteiger partial charge in [-0.3, -0.25) is 9.67 Å². The van der Waals surface area contributed by atoms with Gasteiger partial charge in [0, 0.05) is 48.2 Å². The maximum Gasteiger partial charge on any atom is 0.335 e. The van der Waals surface area contributed by atoms with Crippen LogP contribution in [0.15, 0.2) is 67.1 Å². The first-order valence-electron chi connectivity index (χ1n) is 16.3. The summed E-state index contributed by atoms with van der Waals surface area (Å²) in [5.74, 6) is -1.73. The number of aromatic carboxylic acids is 1. The molecular formula is C37H31ClF2N6O4. The summed E-state index contributed by atoms with van der Waals surface area (Å²) in [6.07, 6.45) is 8.50. The van der Waals surface area contributed by atoms with E-state index in [0.29, 0.717) is 63.8 Å². The summed E-state index contributed by atoms with van der Waals surface area (Å²) in [5.41, 5.74) is 4.74. The molecule has 0 bridgehead atoms. The zero-order valence-corrected chi connectivity index (χ0v) is 27.7. The molecule has 1 saturated heterocycles. The largest absolute Gasteiger partial charge is 0.478 e. The van der Waals surface area contributed by atoms with Crippen molar-refractivity contribution in [2.75, 3.05) is 6.61 Å². The molecule has 2 aromatic carbocycles. The van der Waals surface area contributed by atoms with E-state index in [9.17, 15) is 14.3 Å². The number of aryl methyl sites for hydroxylation is 1. The SMILES string of the molecule is Cc1cc(Cc2nc3c(F)cc(C(=O)O)cc3n2CC2CCO2)c(F)cc1-c1cccc(OCc2cnc(-c3cnn(C4CC4)c3)cc2Cl)n1. The van der Waals surface area contributed by atoms with E-state index < -0.39 is 17.6 Å². The average Bonchev–Trinajstić information content (AvgIpc) is 3.70. The van der Waals surface area contributed by atoms with Crippen molar-refractivity contribution < 1.29 is 28.2 Å². The van der Waals surface area contributed by atoms with Crippen molar-refractivity contribution in [3.8, 4) is 28.4 Å². The topological polar surface area (TPSA) is 117 Å². The van der Waals surface area contributed by atoms with E-state index in [1.54, 1.807) is 47.3 Å². The highest BCUT2D eigenvalue weighted by atomic mass is 35.5. The predicted octanol–water partition coefficient (Wildman–Crippen LogP) is 7.59. The van der Waals surface area contributed by atoms with E-state index in [1.165, 1.54) is 12.1 Å². The number of rotatable bonds is 11. The fourth-order valence-corrected chi connectivity index (χ4v) is 6.38. The lowest BCUT2D eigenvalue weighted by atomic mass is 9.99. The molecule has 8 rings (SSSR count). The van der Waals surface area contributed by atoms with Gasteiger partial charge in [0.2, 0.25) is 5.88 Å². The van der Waals surface area contributed by atoms with E-state index >= 15 is 4.39 Å². The highest BCUT2D eigenvalue weighted by Crippen LogP contribution is 2.35. The van der Waals surface area contributed by atoms with Gasteiger partial charge in [0.15, 0.2) is 5.82 Å². The summed E-state index contributed by atoms with van der Waals surface area (Å²) in [7, 11) is 0. The molecule has 5 heterocycles. The normalized spacial score (nSPS) is 15.7. The van der Waals surface area contributed by atoms with Gasteiger partial charge in [-0.1, -0.05) is 23.7 Å². The second kappa shape index (κ2) is 12.9. The fraction of sp³-hybridized carbons (Fsp3) is 0.270. The molecule has 1 aliphatic heterocycles. The Hall–Kier alpha value is -5.20. The van der Waals surface area contributed by atoms with Gasteiger partial charge in [-0.15, -0.1) is 0 Å². The molecule has 1 saturated carbocycles. The lowest BCUT2D eigenvalue weighted by molar-refractivity contribution is -0.0589. The zero-order chi connectivity index (χ0) is 34.5. The van der Waals surface area contributed by atoms with Crippen LogP contribution in [-0.4, -0.2) is 53.1 Å². The lowest BCUT2D eigenvalue weighted by Gasteiger charge is -2.27. The third-order valence-electron chi connectivity index (χ3n) is 9.18. The van der Waals surface area contributed by atoms with Gasteiger partial charge in [0.25, 0.3) is 0 Å². The van der Waals surface area contributed by atoms with Crippen LogP contribution in [0.3, 0.4) is 0 Å². The third-order valence-corrected chi connectivity index (χ3v) is 9.53. The van der Waals surface area contributed by atoms with Crippen molar-refractivity contribution in [2.24, 2.45) is 0 Å². The van der Waals surface area contributed by atoms with Gasteiger partial charge in [0.05, 0.1) is 52.4 Å². The zero-order valence-electron chi connectivity index (χ0n) is 26.9. The quantitative estimate of drug-likeness (QED) is 0.147. The number of halogens is 3. The number of nitrogens with zero attached hydrogens (tertiary/aromatic N) is 6. The van der Waals surface area contributed by atoms with Crippen LogP contribution < -0.4 is 4.74 Å². The van der Waals surface area contributed by atoms with Crippen molar-refractivity contribution in [1.82, 2.24) is 29.3 Å². The second-order valence-corrected chi connectivity index (χ2v) is 13.1. The number of pyridine rings is 2. The molecule has 50 heavy (non-hydrogen) atoms. The van der Waals surface area contributed by atoms with Gasteiger partial charge >= 0.3 is 5.97 Å². The summed E-state index contributed by atoms with van der Waals surface area (Å²) in [6.45, 7) is 2.96. The number of hydrogen-bond donors (Lipinski definition) is 1. The number of carboxylic acid groups (broad SMARTS) is 1. The molecule has 1 unspecified atom stereocenters. The van der Waals surface area contributed by atoms with E-state index in [1.807, 2.05) is 17.8 Å². The summed E-state index contributed by atoms with van der Waals surface area (Å²) >= 11 is 6.60. The highest BCUT2D eigenvalue weighted by Gasteiger charge is 2.26. The average molecular weight is 697 g/mol. The monoisotopic (exact) mass is 696 g/mol. The first-order chi connectivity index (χ1) is 24.2. The third kappa shape index (κ3) is 6.32. The standard InChI is InChI=1S/C37H31ClF2N6O4/c1-20-9-21(12-34-44-36-30(40)10-22(37(47)48)11-33(36)45(34)18-26-7-8-49-26)29(39)13-27(20)31-3-2-4-35(43-31)50-19-24-15-41-32(14-28(24)38)23-16-42-46(17-23)25-5-6-25/h2-4,9-11,13-17,25-26H,5-8,12,18-19H2,1H3,(H,47,48). The molecule has 2 aliphatic rings. The van der Waals surface area contributed by atoms with E-state index in [4.69, 9.17) is 21.1 Å². The maximum absolute atomic E-state index is 15.8. The molecule has 0 spiro atoms. The van der Waals surface area contributed by atoms with E-state index in [2.05, 4.69) is 20.1 Å². The van der Waals surface area contributed by atoms with Gasteiger partial charge in [-0.2, -0.15) is 5.10 Å². The second-order valence-electron chi connectivity index (χ2n) is 12.7. The van der Waals surface area contributed by atoms with Gasteiger partial charge in [-0.25, -0.2) is 23.5 Å². The molecule has 1 aliphatic carbocycles. The number of hydrogen-bond acceptors (Lipinski definition) is 7. The Balaban J connectivity index is 1.01. The van der Waals surface area contributed by atoms with Gasteiger partial charge < -0.3 is 19.1 Å². The summed E-state index contributed by atoms with van der Waals surface area (Å²) in [6, 6.07) is 13.1. The molecular weight excluding hydrogens is 666 g/mol. The number of imidazole rings is 1. The smallest absolute Gasteiger partial charge is 0.335 e.